The van der Waals surface area contributed by atoms with Gasteiger partial charge in [0.25, 0.3) is 6.43 Å². The van der Waals surface area contributed by atoms with Crippen LogP contribution in [0, 0.1) is 0 Å². The minimum Gasteiger partial charge on any atom is -0.238 e. The fourth-order valence-corrected chi connectivity index (χ4v) is 0.460. The number of alkyl halides is 8. The second-order valence-corrected chi connectivity index (χ2v) is 2.16. The molecule has 0 aliphatic heterocycles. The highest BCUT2D eigenvalue weighted by molar-refractivity contribution is 4.86. The molecule has 8 heteroatoms. The highest BCUT2D eigenvalue weighted by Gasteiger charge is 2.55. The Morgan fingerprint density at radius 1 is 0.769 bits per heavy atom. The van der Waals surface area contributed by atoms with Crippen molar-refractivity contribution in [3.8, 4) is 0 Å². The highest BCUT2D eigenvalue weighted by Crippen LogP contribution is 2.33. The van der Waals surface area contributed by atoms with Gasteiger partial charge in [0.2, 0.25) is 6.17 Å². The maximum atomic E-state index is 12.0. The smallest absolute Gasteiger partial charge is 0.238 e. The van der Waals surface area contributed by atoms with Crippen molar-refractivity contribution in [1.29, 1.82) is 0 Å². The zero-order valence-electron chi connectivity index (χ0n) is 5.83. The summed E-state index contributed by atoms with van der Waals surface area (Å²) < 4.78 is 92.7. The summed E-state index contributed by atoms with van der Waals surface area (Å²) in [4.78, 5) is 0. The van der Waals surface area contributed by atoms with E-state index < -0.39 is 31.1 Å². The van der Waals surface area contributed by atoms with Crippen molar-refractivity contribution in [1.82, 2.24) is 0 Å². The second kappa shape index (κ2) is 4.10. The molecule has 0 saturated heterocycles. The molecule has 0 aromatic rings. The molecule has 0 radical (unpaired) electrons. The third-order valence-corrected chi connectivity index (χ3v) is 1.18. The standard InChI is InChI=1S/C5H4F8/c6-1(3(8)9)2(7)5(12,13)4(10)11/h1-4H. The quantitative estimate of drug-likeness (QED) is 0.634. The summed E-state index contributed by atoms with van der Waals surface area (Å²) in [5.74, 6) is -5.39. The van der Waals surface area contributed by atoms with Gasteiger partial charge in [-0.25, -0.2) is 26.3 Å². The first kappa shape index (κ1) is 12.4. The highest BCUT2D eigenvalue weighted by atomic mass is 19.3. The molecule has 0 nitrogen and oxygen atoms in total. The van der Waals surface area contributed by atoms with Gasteiger partial charge >= 0.3 is 12.3 Å². The lowest BCUT2D eigenvalue weighted by molar-refractivity contribution is -0.196. The summed E-state index contributed by atoms with van der Waals surface area (Å²) in [6, 6.07) is 0. The van der Waals surface area contributed by atoms with Gasteiger partial charge < -0.3 is 0 Å². The van der Waals surface area contributed by atoms with E-state index in [1.165, 1.54) is 0 Å². The van der Waals surface area contributed by atoms with Crippen LogP contribution in [-0.2, 0) is 0 Å². The Hall–Kier alpha value is -0.560. The Labute approximate surface area is 67.5 Å². The van der Waals surface area contributed by atoms with E-state index in [9.17, 15) is 35.1 Å². The normalized spacial score (nSPS) is 18.0. The molecule has 0 aromatic heterocycles. The topological polar surface area (TPSA) is 0 Å². The molecular formula is C5H4F8. The van der Waals surface area contributed by atoms with Crippen molar-refractivity contribution in [3.63, 3.8) is 0 Å². The lowest BCUT2D eigenvalue weighted by Gasteiger charge is -2.21. The third kappa shape index (κ3) is 2.70. The molecule has 0 fully saturated rings. The van der Waals surface area contributed by atoms with Crippen LogP contribution in [0.2, 0.25) is 0 Å². The molecule has 0 aromatic carbocycles. The van der Waals surface area contributed by atoms with E-state index in [1.54, 1.807) is 0 Å². The fourth-order valence-electron chi connectivity index (χ4n) is 0.460. The average molecular weight is 216 g/mol. The summed E-state index contributed by atoms with van der Waals surface area (Å²) in [7, 11) is 0. The molecule has 0 N–H and O–H groups in total. The molecule has 0 rings (SSSR count). The van der Waals surface area contributed by atoms with Gasteiger partial charge in [-0.15, -0.1) is 0 Å². The van der Waals surface area contributed by atoms with Gasteiger partial charge in [-0.1, -0.05) is 0 Å². The number of hydrogen-bond acceptors (Lipinski definition) is 0. The predicted molar refractivity (Wildman–Crippen MR) is 26.7 cm³/mol. The molecule has 13 heavy (non-hydrogen) atoms. The summed E-state index contributed by atoms with van der Waals surface area (Å²) in [5, 5.41) is 0. The zero-order valence-corrected chi connectivity index (χ0v) is 5.83. The minimum atomic E-state index is -5.39. The summed E-state index contributed by atoms with van der Waals surface area (Å²) in [6.07, 6.45) is -16.7. The summed E-state index contributed by atoms with van der Waals surface area (Å²) in [5.41, 5.74) is 0. The lowest BCUT2D eigenvalue weighted by Crippen LogP contribution is -2.45. The van der Waals surface area contributed by atoms with Crippen LogP contribution in [0.15, 0.2) is 0 Å². The first-order chi connectivity index (χ1) is 5.71. The van der Waals surface area contributed by atoms with Gasteiger partial charge in [0, 0.05) is 0 Å². The SMILES string of the molecule is FC(F)C(F)C(F)C(F)(F)C(F)F. The summed E-state index contributed by atoms with van der Waals surface area (Å²) in [6.45, 7) is 0. The van der Waals surface area contributed by atoms with Crippen molar-refractivity contribution < 1.29 is 35.1 Å². The first-order valence-electron chi connectivity index (χ1n) is 2.93. The van der Waals surface area contributed by atoms with Crippen LogP contribution < -0.4 is 0 Å². The maximum absolute atomic E-state index is 12.0. The number of halogens is 8. The Bertz CT molecular complexity index is 155. The van der Waals surface area contributed by atoms with Crippen LogP contribution in [0.4, 0.5) is 35.1 Å². The lowest BCUT2D eigenvalue weighted by atomic mass is 10.1. The molecule has 0 heterocycles. The van der Waals surface area contributed by atoms with E-state index >= 15 is 0 Å². The number of rotatable bonds is 4. The van der Waals surface area contributed by atoms with Crippen LogP contribution in [0.1, 0.15) is 0 Å². The van der Waals surface area contributed by atoms with Crippen LogP contribution in [0.5, 0.6) is 0 Å². The average Bonchev–Trinajstić information content (AvgIpc) is 2.01. The van der Waals surface area contributed by atoms with Crippen LogP contribution in [0.25, 0.3) is 0 Å². The van der Waals surface area contributed by atoms with Gasteiger partial charge in [-0.2, -0.15) is 8.78 Å². The molecule has 2 unspecified atom stereocenters. The van der Waals surface area contributed by atoms with Crippen LogP contribution in [-0.4, -0.2) is 31.1 Å². The van der Waals surface area contributed by atoms with Crippen molar-refractivity contribution in [3.05, 3.63) is 0 Å². The molecule has 0 aliphatic carbocycles. The van der Waals surface area contributed by atoms with E-state index in [4.69, 9.17) is 0 Å². The molecule has 0 amide bonds. The molecule has 0 bridgehead atoms. The van der Waals surface area contributed by atoms with Crippen LogP contribution >= 0.6 is 0 Å². The molecule has 80 valence electrons. The fraction of sp³-hybridized carbons (Fsp3) is 1.00. The van der Waals surface area contributed by atoms with E-state index in [0.717, 1.165) is 0 Å². The molecule has 0 aliphatic rings. The van der Waals surface area contributed by atoms with Crippen molar-refractivity contribution >= 4 is 0 Å². The van der Waals surface area contributed by atoms with E-state index in [1.807, 2.05) is 0 Å². The molecule has 2 atom stereocenters. The zero-order chi connectivity index (χ0) is 10.8. The maximum Gasteiger partial charge on any atom is 0.340 e. The predicted octanol–water partition coefficient (Wildman–Crippen LogP) is 2.83. The summed E-state index contributed by atoms with van der Waals surface area (Å²) >= 11 is 0. The second-order valence-electron chi connectivity index (χ2n) is 2.16. The van der Waals surface area contributed by atoms with Gasteiger partial charge in [0.15, 0.2) is 6.17 Å². The van der Waals surface area contributed by atoms with Crippen molar-refractivity contribution in [2.75, 3.05) is 0 Å². The van der Waals surface area contributed by atoms with Gasteiger partial charge in [0.1, 0.15) is 0 Å². The minimum absolute atomic E-state index is 3.91. The monoisotopic (exact) mass is 216 g/mol. The molecule has 0 spiro atoms. The Morgan fingerprint density at radius 2 is 1.15 bits per heavy atom. The Balaban J connectivity index is 4.48. The molecular weight excluding hydrogens is 212 g/mol. The van der Waals surface area contributed by atoms with Gasteiger partial charge in [-0.05, 0) is 0 Å². The molecule has 0 saturated carbocycles. The van der Waals surface area contributed by atoms with E-state index in [-0.39, 0.29) is 0 Å². The third-order valence-electron chi connectivity index (χ3n) is 1.18. The first-order valence-corrected chi connectivity index (χ1v) is 2.93. The van der Waals surface area contributed by atoms with Gasteiger partial charge in [-0.3, -0.25) is 0 Å². The van der Waals surface area contributed by atoms with E-state index in [0.29, 0.717) is 0 Å². The van der Waals surface area contributed by atoms with E-state index in [2.05, 4.69) is 0 Å². The van der Waals surface area contributed by atoms with Gasteiger partial charge in [0.05, 0.1) is 0 Å². The van der Waals surface area contributed by atoms with Crippen molar-refractivity contribution in [2.45, 2.75) is 31.1 Å². The Kier molecular flexibility index (Phi) is 3.92. The largest absolute Gasteiger partial charge is 0.340 e. The number of hydrogen-bond donors (Lipinski definition) is 0. The van der Waals surface area contributed by atoms with Crippen LogP contribution in [0.3, 0.4) is 0 Å². The van der Waals surface area contributed by atoms with Crippen molar-refractivity contribution in [2.24, 2.45) is 0 Å². The Morgan fingerprint density at radius 3 is 1.38 bits per heavy atom.